The summed E-state index contributed by atoms with van der Waals surface area (Å²) >= 11 is 0. The number of fused-ring (bicyclic) bond motifs is 1. The summed E-state index contributed by atoms with van der Waals surface area (Å²) in [6, 6.07) is 9.84. The molecule has 11 heteroatoms. The van der Waals surface area contributed by atoms with Crippen LogP contribution in [0.15, 0.2) is 42.6 Å². The summed E-state index contributed by atoms with van der Waals surface area (Å²) in [4.78, 5) is 20.6. The van der Waals surface area contributed by atoms with Gasteiger partial charge in [0.15, 0.2) is 0 Å². The van der Waals surface area contributed by atoms with Crippen molar-refractivity contribution in [3.8, 4) is 11.9 Å². The van der Waals surface area contributed by atoms with Crippen LogP contribution in [0.1, 0.15) is 17.5 Å². The van der Waals surface area contributed by atoms with Crippen LogP contribution in [0.3, 0.4) is 0 Å². The van der Waals surface area contributed by atoms with Crippen LogP contribution >= 0.6 is 0 Å². The molecular weight excluding hydrogens is 415 g/mol. The van der Waals surface area contributed by atoms with Gasteiger partial charge in [0.25, 0.3) is 5.69 Å². The monoisotopic (exact) mass is 429 g/mol. The van der Waals surface area contributed by atoms with Gasteiger partial charge in [-0.2, -0.15) is 18.4 Å². The van der Waals surface area contributed by atoms with Crippen LogP contribution in [-0.2, 0) is 6.18 Å². The van der Waals surface area contributed by atoms with Crippen molar-refractivity contribution >= 4 is 22.4 Å². The first-order valence-electron chi connectivity index (χ1n) is 9.19. The number of ether oxygens (including phenoxy) is 1. The maximum Gasteiger partial charge on any atom is 0.417 e. The second-order valence-electron chi connectivity index (χ2n) is 6.96. The van der Waals surface area contributed by atoms with E-state index in [0.717, 1.165) is 12.3 Å². The van der Waals surface area contributed by atoms with Gasteiger partial charge in [-0.3, -0.25) is 10.1 Å². The van der Waals surface area contributed by atoms with E-state index < -0.39 is 16.7 Å². The van der Waals surface area contributed by atoms with E-state index in [-0.39, 0.29) is 23.2 Å². The zero-order chi connectivity index (χ0) is 22.2. The van der Waals surface area contributed by atoms with Crippen molar-refractivity contribution in [3.05, 3.63) is 63.8 Å². The number of rotatable bonds is 4. The number of pyridine rings is 2. The molecule has 1 unspecified atom stereocenters. The summed E-state index contributed by atoms with van der Waals surface area (Å²) in [5, 5.41) is 20.9. The Hall–Kier alpha value is -3.94. The van der Waals surface area contributed by atoms with Crippen molar-refractivity contribution < 1.29 is 22.8 Å². The predicted octanol–water partition coefficient (Wildman–Crippen LogP) is 4.09. The molecule has 1 aliphatic heterocycles. The number of halogens is 3. The Morgan fingerprint density at radius 2 is 2.06 bits per heavy atom. The van der Waals surface area contributed by atoms with E-state index in [1.165, 1.54) is 24.3 Å². The largest absolute Gasteiger partial charge is 0.472 e. The van der Waals surface area contributed by atoms with E-state index in [1.807, 2.05) is 11.0 Å². The molecule has 8 nitrogen and oxygen atoms in total. The van der Waals surface area contributed by atoms with Crippen LogP contribution in [0.5, 0.6) is 5.88 Å². The molecule has 4 rings (SSSR count). The minimum atomic E-state index is -4.46. The molecule has 1 fully saturated rings. The molecule has 0 saturated carbocycles. The topological polar surface area (TPSA) is 105 Å². The summed E-state index contributed by atoms with van der Waals surface area (Å²) in [5.74, 6) is 0.612. The number of nitriles is 1. The second-order valence-corrected chi connectivity index (χ2v) is 6.96. The fraction of sp³-hybridized carbons (Fsp3) is 0.250. The third-order valence-electron chi connectivity index (χ3n) is 4.93. The normalized spacial score (nSPS) is 16.3. The van der Waals surface area contributed by atoms with Gasteiger partial charge < -0.3 is 9.64 Å². The smallest absolute Gasteiger partial charge is 0.417 e. The molecule has 0 amide bonds. The fourth-order valence-electron chi connectivity index (χ4n) is 3.39. The van der Waals surface area contributed by atoms with E-state index in [9.17, 15) is 28.5 Å². The minimum absolute atomic E-state index is 0.0938. The summed E-state index contributed by atoms with van der Waals surface area (Å²) in [5.41, 5.74) is -0.263. The molecule has 1 atom stereocenters. The molecular formula is C20H14F3N5O3. The number of nitro groups is 1. The van der Waals surface area contributed by atoms with Gasteiger partial charge in [-0.05, 0) is 18.2 Å². The first-order chi connectivity index (χ1) is 14.7. The Labute approximate surface area is 173 Å². The Kier molecular flexibility index (Phi) is 5.06. The average molecular weight is 429 g/mol. The van der Waals surface area contributed by atoms with Crippen molar-refractivity contribution in [2.75, 3.05) is 18.0 Å². The zero-order valence-corrected chi connectivity index (χ0v) is 15.8. The predicted molar refractivity (Wildman–Crippen MR) is 104 cm³/mol. The lowest BCUT2D eigenvalue weighted by molar-refractivity contribution is -0.384. The molecule has 31 heavy (non-hydrogen) atoms. The number of non-ortho nitro benzene ring substituents is 1. The summed E-state index contributed by atoms with van der Waals surface area (Å²) in [6.45, 7) is 0.959. The van der Waals surface area contributed by atoms with Gasteiger partial charge >= 0.3 is 6.18 Å². The SMILES string of the molecule is N#Cc1cc(N2CCC(Oc3ccc(C(F)(F)F)cn3)C2)nc2ccc([N+](=O)[O-])cc12. The lowest BCUT2D eigenvalue weighted by Gasteiger charge is -2.19. The van der Waals surface area contributed by atoms with E-state index >= 15 is 0 Å². The molecule has 3 heterocycles. The van der Waals surface area contributed by atoms with Gasteiger partial charge in [-0.15, -0.1) is 0 Å². The first kappa shape index (κ1) is 20.3. The molecule has 158 valence electrons. The second kappa shape index (κ2) is 7.71. The number of nitro benzene ring substituents is 1. The minimum Gasteiger partial charge on any atom is -0.472 e. The lowest BCUT2D eigenvalue weighted by atomic mass is 10.1. The van der Waals surface area contributed by atoms with Gasteiger partial charge in [0.05, 0.1) is 34.2 Å². The van der Waals surface area contributed by atoms with E-state index in [1.54, 1.807) is 6.07 Å². The van der Waals surface area contributed by atoms with Gasteiger partial charge in [0.2, 0.25) is 5.88 Å². The van der Waals surface area contributed by atoms with Crippen LogP contribution in [0.25, 0.3) is 10.9 Å². The van der Waals surface area contributed by atoms with Crippen LogP contribution in [-0.4, -0.2) is 34.1 Å². The fourth-order valence-corrected chi connectivity index (χ4v) is 3.39. The summed E-state index contributed by atoms with van der Waals surface area (Å²) in [6.07, 6.45) is -3.46. The van der Waals surface area contributed by atoms with E-state index in [4.69, 9.17) is 4.74 Å². The van der Waals surface area contributed by atoms with E-state index in [2.05, 4.69) is 9.97 Å². The van der Waals surface area contributed by atoms with Crippen LogP contribution in [0.2, 0.25) is 0 Å². The third-order valence-corrected chi connectivity index (χ3v) is 4.93. The Balaban J connectivity index is 1.52. The number of benzene rings is 1. The van der Waals surface area contributed by atoms with Crippen LogP contribution in [0.4, 0.5) is 24.7 Å². The molecule has 0 spiro atoms. The maximum atomic E-state index is 12.6. The number of hydrogen-bond acceptors (Lipinski definition) is 7. The molecule has 1 aliphatic rings. The molecule has 3 aromatic rings. The quantitative estimate of drug-likeness (QED) is 0.454. The highest BCUT2D eigenvalue weighted by molar-refractivity contribution is 5.88. The third kappa shape index (κ3) is 4.18. The highest BCUT2D eigenvalue weighted by Crippen LogP contribution is 2.31. The highest BCUT2D eigenvalue weighted by atomic mass is 19.4. The van der Waals surface area contributed by atoms with Crippen LogP contribution < -0.4 is 9.64 Å². The molecule has 0 radical (unpaired) electrons. The Bertz CT molecular complexity index is 1190. The first-order valence-corrected chi connectivity index (χ1v) is 9.19. The van der Waals surface area contributed by atoms with Crippen molar-refractivity contribution in [2.45, 2.75) is 18.7 Å². The number of hydrogen-bond donors (Lipinski definition) is 0. The molecule has 2 aromatic heterocycles. The number of nitrogens with zero attached hydrogens (tertiary/aromatic N) is 5. The lowest BCUT2D eigenvalue weighted by Crippen LogP contribution is -2.25. The molecule has 1 aromatic carbocycles. The van der Waals surface area contributed by atoms with Crippen molar-refractivity contribution in [1.29, 1.82) is 5.26 Å². The molecule has 0 N–H and O–H groups in total. The van der Waals surface area contributed by atoms with E-state index in [0.29, 0.717) is 36.2 Å². The summed E-state index contributed by atoms with van der Waals surface area (Å²) < 4.78 is 43.6. The molecule has 0 aliphatic carbocycles. The average Bonchev–Trinajstić information content (AvgIpc) is 3.20. The van der Waals surface area contributed by atoms with Crippen molar-refractivity contribution in [1.82, 2.24) is 9.97 Å². The molecule has 0 bridgehead atoms. The standard InChI is InChI=1S/C20H14F3N5O3/c21-20(22,23)13-1-4-19(25-10-13)31-15-5-6-27(11-15)18-7-12(9-24)16-8-14(28(29)30)2-3-17(16)26-18/h1-4,7-8,10,15H,5-6,11H2. The number of aromatic nitrogens is 2. The number of anilines is 1. The molecule has 1 saturated heterocycles. The van der Waals surface area contributed by atoms with Crippen molar-refractivity contribution in [2.24, 2.45) is 0 Å². The van der Waals surface area contributed by atoms with Gasteiger partial charge in [0.1, 0.15) is 11.9 Å². The van der Waals surface area contributed by atoms with Gasteiger partial charge in [0, 0.05) is 42.7 Å². The van der Waals surface area contributed by atoms with Gasteiger partial charge in [-0.1, -0.05) is 0 Å². The highest BCUT2D eigenvalue weighted by Gasteiger charge is 2.31. The number of alkyl halides is 3. The van der Waals surface area contributed by atoms with Crippen LogP contribution in [0, 0.1) is 21.4 Å². The zero-order valence-electron chi connectivity index (χ0n) is 15.8. The van der Waals surface area contributed by atoms with Crippen molar-refractivity contribution in [3.63, 3.8) is 0 Å². The maximum absolute atomic E-state index is 12.6. The van der Waals surface area contributed by atoms with Gasteiger partial charge in [-0.25, -0.2) is 9.97 Å². The Morgan fingerprint density at radius 1 is 1.26 bits per heavy atom. The summed E-state index contributed by atoms with van der Waals surface area (Å²) in [7, 11) is 0. The Morgan fingerprint density at radius 3 is 2.71 bits per heavy atom.